The van der Waals surface area contributed by atoms with Crippen molar-refractivity contribution in [3.05, 3.63) is 68.7 Å². The highest BCUT2D eigenvalue weighted by molar-refractivity contribution is 9.10. The second-order valence-corrected chi connectivity index (χ2v) is 9.74. The van der Waals surface area contributed by atoms with Crippen LogP contribution in [0, 0.1) is 16.0 Å². The Morgan fingerprint density at radius 1 is 1.17 bits per heavy atom. The van der Waals surface area contributed by atoms with E-state index in [1.807, 2.05) is 0 Å². The summed E-state index contributed by atoms with van der Waals surface area (Å²) in [6, 6.07) is 12.9. The van der Waals surface area contributed by atoms with E-state index < -0.39 is 14.9 Å². The first-order valence-electron chi connectivity index (χ1n) is 9.02. The minimum atomic E-state index is -3.46. The molecule has 1 amide bonds. The van der Waals surface area contributed by atoms with E-state index in [1.165, 1.54) is 22.5 Å². The third-order valence-corrected chi connectivity index (χ3v) is 7.18. The summed E-state index contributed by atoms with van der Waals surface area (Å²) in [5.41, 5.74) is 0.963. The van der Waals surface area contributed by atoms with Crippen molar-refractivity contribution in [1.82, 2.24) is 4.31 Å². The first-order valence-corrected chi connectivity index (χ1v) is 11.4. The molecule has 0 unspecified atom stereocenters. The van der Waals surface area contributed by atoms with Gasteiger partial charge in [-0.1, -0.05) is 34.1 Å². The molecule has 1 N–H and O–H groups in total. The lowest BCUT2D eigenvalue weighted by molar-refractivity contribution is -0.384. The van der Waals surface area contributed by atoms with Crippen LogP contribution >= 0.6 is 15.9 Å². The quantitative estimate of drug-likeness (QED) is 0.501. The van der Waals surface area contributed by atoms with E-state index in [2.05, 4.69) is 21.2 Å². The van der Waals surface area contributed by atoms with Crippen LogP contribution < -0.4 is 5.32 Å². The number of nitrogens with one attached hydrogen (secondary N) is 1. The van der Waals surface area contributed by atoms with Crippen molar-refractivity contribution in [2.45, 2.75) is 18.6 Å². The number of rotatable bonds is 6. The monoisotopic (exact) mass is 481 g/mol. The molecule has 154 valence electrons. The number of piperidine rings is 1. The predicted molar refractivity (Wildman–Crippen MR) is 113 cm³/mol. The molecule has 1 aliphatic rings. The second kappa shape index (κ2) is 9.02. The lowest BCUT2D eigenvalue weighted by Crippen LogP contribution is -2.41. The van der Waals surface area contributed by atoms with E-state index in [0.717, 1.165) is 4.47 Å². The number of hydrogen-bond acceptors (Lipinski definition) is 5. The molecule has 0 aliphatic carbocycles. The van der Waals surface area contributed by atoms with Crippen LogP contribution in [0.15, 0.2) is 53.0 Å². The zero-order valence-electron chi connectivity index (χ0n) is 15.5. The van der Waals surface area contributed by atoms with Crippen molar-refractivity contribution >= 4 is 43.2 Å². The van der Waals surface area contributed by atoms with Crippen LogP contribution in [0.4, 0.5) is 11.4 Å². The fraction of sp³-hybridized carbons (Fsp3) is 0.316. The van der Waals surface area contributed by atoms with Gasteiger partial charge >= 0.3 is 0 Å². The Kier molecular flexibility index (Phi) is 6.66. The summed E-state index contributed by atoms with van der Waals surface area (Å²) >= 11 is 3.33. The van der Waals surface area contributed by atoms with Crippen LogP contribution in [0.25, 0.3) is 0 Å². The first-order chi connectivity index (χ1) is 13.7. The molecule has 29 heavy (non-hydrogen) atoms. The fourth-order valence-electron chi connectivity index (χ4n) is 3.22. The Bertz CT molecular complexity index is 1000. The summed E-state index contributed by atoms with van der Waals surface area (Å²) in [6.07, 6.45) is 0.806. The Labute approximate surface area is 177 Å². The zero-order valence-corrected chi connectivity index (χ0v) is 17.9. The van der Waals surface area contributed by atoms with Gasteiger partial charge in [0.1, 0.15) is 0 Å². The van der Waals surface area contributed by atoms with E-state index in [1.54, 1.807) is 30.3 Å². The smallest absolute Gasteiger partial charge is 0.271 e. The topological polar surface area (TPSA) is 110 Å². The summed E-state index contributed by atoms with van der Waals surface area (Å²) in [5.74, 6) is -0.672. The molecular weight excluding hydrogens is 462 g/mol. The number of carbonyl (C=O) groups excluding carboxylic acids is 1. The summed E-state index contributed by atoms with van der Waals surface area (Å²) in [6.45, 7) is 0.539. The zero-order chi connectivity index (χ0) is 21.0. The van der Waals surface area contributed by atoms with Crippen molar-refractivity contribution in [2.24, 2.45) is 5.92 Å². The second-order valence-electron chi connectivity index (χ2n) is 6.85. The third-order valence-electron chi connectivity index (χ3n) is 4.80. The predicted octanol–water partition coefficient (Wildman–Crippen LogP) is 3.54. The highest BCUT2D eigenvalue weighted by atomic mass is 79.9. The van der Waals surface area contributed by atoms with Gasteiger partial charge in [0.2, 0.25) is 15.9 Å². The van der Waals surface area contributed by atoms with Crippen LogP contribution in [0.2, 0.25) is 0 Å². The largest absolute Gasteiger partial charge is 0.326 e. The third kappa shape index (κ3) is 5.62. The van der Waals surface area contributed by atoms with E-state index in [-0.39, 0.29) is 36.4 Å². The number of sulfonamides is 1. The first kappa shape index (κ1) is 21.4. The minimum Gasteiger partial charge on any atom is -0.326 e. The average molecular weight is 482 g/mol. The van der Waals surface area contributed by atoms with Crippen LogP contribution in [0.3, 0.4) is 0 Å². The number of anilines is 1. The maximum Gasteiger partial charge on any atom is 0.271 e. The molecule has 0 radical (unpaired) electrons. The maximum absolute atomic E-state index is 12.7. The molecule has 1 fully saturated rings. The van der Waals surface area contributed by atoms with E-state index >= 15 is 0 Å². The number of amides is 1. The van der Waals surface area contributed by atoms with E-state index in [9.17, 15) is 23.3 Å². The summed E-state index contributed by atoms with van der Waals surface area (Å²) in [5, 5.41) is 13.5. The molecule has 0 bridgehead atoms. The van der Waals surface area contributed by atoms with Crippen molar-refractivity contribution < 1.29 is 18.1 Å². The van der Waals surface area contributed by atoms with Gasteiger partial charge in [0, 0.05) is 41.3 Å². The van der Waals surface area contributed by atoms with Crippen molar-refractivity contribution in [1.29, 1.82) is 0 Å². The van der Waals surface area contributed by atoms with Gasteiger partial charge in [-0.3, -0.25) is 14.9 Å². The van der Waals surface area contributed by atoms with Gasteiger partial charge in [-0.15, -0.1) is 0 Å². The number of nitro benzene ring substituents is 1. The van der Waals surface area contributed by atoms with Gasteiger partial charge < -0.3 is 5.32 Å². The number of nitro groups is 1. The van der Waals surface area contributed by atoms with Gasteiger partial charge in [-0.05, 0) is 36.6 Å². The Morgan fingerprint density at radius 2 is 1.83 bits per heavy atom. The van der Waals surface area contributed by atoms with Crippen molar-refractivity contribution in [2.75, 3.05) is 18.4 Å². The lowest BCUT2D eigenvalue weighted by Gasteiger charge is -2.30. The molecule has 0 saturated carbocycles. The highest BCUT2D eigenvalue weighted by Crippen LogP contribution is 2.24. The van der Waals surface area contributed by atoms with Gasteiger partial charge in [0.15, 0.2) is 0 Å². The minimum absolute atomic E-state index is 0.0785. The van der Waals surface area contributed by atoms with Crippen LogP contribution in [0.5, 0.6) is 0 Å². The number of non-ortho nitro benzene ring substituents is 1. The molecule has 10 heteroatoms. The molecule has 0 atom stereocenters. The standard InChI is InChI=1S/C19H20BrN3O5S/c20-16-6-4-14(5-7-16)13-29(27,28)22-10-8-15(9-11-22)19(24)21-17-2-1-3-18(12-17)23(25)26/h1-7,12,15H,8-11,13H2,(H,21,24). The lowest BCUT2D eigenvalue weighted by atomic mass is 9.97. The Hall–Kier alpha value is -2.30. The van der Waals surface area contributed by atoms with E-state index in [4.69, 9.17) is 0 Å². The Balaban J connectivity index is 1.56. The molecule has 8 nitrogen and oxygen atoms in total. The molecule has 1 saturated heterocycles. The molecule has 1 aliphatic heterocycles. The number of nitrogens with zero attached hydrogens (tertiary/aromatic N) is 2. The van der Waals surface area contributed by atoms with Crippen LogP contribution in [-0.2, 0) is 20.6 Å². The molecule has 1 heterocycles. The molecule has 3 rings (SSSR count). The molecule has 2 aromatic carbocycles. The number of carbonyl (C=O) groups is 1. The molecular formula is C19H20BrN3O5S. The van der Waals surface area contributed by atoms with Gasteiger partial charge in [-0.25, -0.2) is 12.7 Å². The summed E-state index contributed by atoms with van der Waals surface area (Å²) in [4.78, 5) is 22.8. The van der Waals surface area contributed by atoms with Crippen LogP contribution in [0.1, 0.15) is 18.4 Å². The molecule has 2 aromatic rings. The maximum atomic E-state index is 12.7. The fourth-order valence-corrected chi connectivity index (χ4v) is 5.05. The SMILES string of the molecule is O=C(Nc1cccc([N+](=O)[O-])c1)C1CCN(S(=O)(=O)Cc2ccc(Br)cc2)CC1. The number of benzene rings is 2. The molecule has 0 aromatic heterocycles. The normalized spacial score (nSPS) is 15.8. The van der Waals surface area contributed by atoms with Gasteiger partial charge in [0.05, 0.1) is 10.7 Å². The van der Waals surface area contributed by atoms with E-state index in [0.29, 0.717) is 24.1 Å². The molecule has 0 spiro atoms. The van der Waals surface area contributed by atoms with Crippen molar-refractivity contribution in [3.63, 3.8) is 0 Å². The Morgan fingerprint density at radius 3 is 2.45 bits per heavy atom. The number of hydrogen-bond donors (Lipinski definition) is 1. The summed E-state index contributed by atoms with van der Waals surface area (Å²) < 4.78 is 27.6. The highest BCUT2D eigenvalue weighted by Gasteiger charge is 2.31. The average Bonchev–Trinajstić information content (AvgIpc) is 2.70. The summed E-state index contributed by atoms with van der Waals surface area (Å²) in [7, 11) is -3.46. The van der Waals surface area contributed by atoms with Gasteiger partial charge in [-0.2, -0.15) is 0 Å². The number of halogens is 1. The van der Waals surface area contributed by atoms with Crippen LogP contribution in [-0.4, -0.2) is 36.6 Å². The van der Waals surface area contributed by atoms with Gasteiger partial charge in [0.25, 0.3) is 5.69 Å². The van der Waals surface area contributed by atoms with Crippen molar-refractivity contribution in [3.8, 4) is 0 Å².